The number of hydrogen-bond acceptors (Lipinski definition) is 4. The summed E-state index contributed by atoms with van der Waals surface area (Å²) in [5.74, 6) is 0.0976. The number of nitrogens with one attached hydrogen (secondary N) is 1. The number of rotatable bonds is 10. The number of halogens is 1. The highest BCUT2D eigenvalue weighted by Gasteiger charge is 2.29. The minimum absolute atomic E-state index is 0.177. The molecule has 0 aliphatic heterocycles. The second-order valence-electron chi connectivity index (χ2n) is 8.48. The first-order chi connectivity index (χ1) is 15.4. The predicted molar refractivity (Wildman–Crippen MR) is 127 cm³/mol. The Labute approximate surface area is 196 Å². The van der Waals surface area contributed by atoms with Crippen molar-refractivity contribution in [3.8, 4) is 0 Å². The lowest BCUT2D eigenvalue weighted by atomic mass is 9.81. The average molecular weight is 478 g/mol. The number of hydrogen-bond donors (Lipinski definition) is 1. The molecule has 1 aliphatic rings. The summed E-state index contributed by atoms with van der Waals surface area (Å²) < 4.78 is 33.9. The summed E-state index contributed by atoms with van der Waals surface area (Å²) in [7, 11) is -2.26. The van der Waals surface area contributed by atoms with Gasteiger partial charge in [-0.15, -0.1) is 0 Å². The Hall–Kier alpha value is -1.89. The quantitative estimate of drug-likeness (QED) is 0.345. The fourth-order valence-corrected chi connectivity index (χ4v) is 5.76. The summed E-state index contributed by atoms with van der Waals surface area (Å²) >= 11 is 5.93. The van der Waals surface area contributed by atoms with Gasteiger partial charge in [-0.05, 0) is 73.4 Å². The van der Waals surface area contributed by atoms with E-state index in [-0.39, 0.29) is 22.8 Å². The van der Waals surface area contributed by atoms with Crippen LogP contribution in [0.15, 0.2) is 53.4 Å². The number of sulfonamides is 1. The van der Waals surface area contributed by atoms with Crippen LogP contribution in [-0.2, 0) is 26.0 Å². The van der Waals surface area contributed by atoms with Crippen molar-refractivity contribution in [3.63, 3.8) is 0 Å². The monoisotopic (exact) mass is 477 g/mol. The van der Waals surface area contributed by atoms with Gasteiger partial charge in [-0.1, -0.05) is 55.1 Å². The maximum absolute atomic E-state index is 13.1. The third-order valence-corrected chi connectivity index (χ3v) is 7.90. The largest absolute Gasteiger partial charge is 0.469 e. The Kier molecular flexibility index (Phi) is 9.14. The molecule has 1 atom stereocenters. The molecular weight excluding hydrogens is 446 g/mol. The van der Waals surface area contributed by atoms with Crippen molar-refractivity contribution in [1.82, 2.24) is 4.72 Å². The van der Waals surface area contributed by atoms with Crippen LogP contribution >= 0.6 is 11.6 Å². The van der Waals surface area contributed by atoms with Gasteiger partial charge in [0.2, 0.25) is 10.0 Å². The van der Waals surface area contributed by atoms with Crippen molar-refractivity contribution in [2.24, 2.45) is 5.92 Å². The lowest BCUT2D eigenvalue weighted by Gasteiger charge is -2.31. The van der Waals surface area contributed by atoms with E-state index in [1.807, 2.05) is 12.1 Å². The van der Waals surface area contributed by atoms with Crippen molar-refractivity contribution in [2.45, 2.75) is 68.7 Å². The van der Waals surface area contributed by atoms with Crippen molar-refractivity contribution in [3.05, 3.63) is 64.7 Å². The zero-order valence-electron chi connectivity index (χ0n) is 18.6. The van der Waals surface area contributed by atoms with E-state index < -0.39 is 10.0 Å². The van der Waals surface area contributed by atoms with Crippen LogP contribution in [0.2, 0.25) is 5.02 Å². The number of carbonyl (C=O) groups is 1. The molecule has 3 rings (SSSR count). The molecule has 7 heteroatoms. The van der Waals surface area contributed by atoms with Crippen molar-refractivity contribution < 1.29 is 17.9 Å². The van der Waals surface area contributed by atoms with Crippen LogP contribution < -0.4 is 4.72 Å². The minimum atomic E-state index is -3.66. The number of methoxy groups -OCH3 is 1. The molecule has 0 heterocycles. The Balaban J connectivity index is 1.72. The number of benzene rings is 2. The van der Waals surface area contributed by atoms with Crippen LogP contribution in [0.4, 0.5) is 0 Å². The molecule has 5 nitrogen and oxygen atoms in total. The summed E-state index contributed by atoms with van der Waals surface area (Å²) in [6.45, 7) is 0. The molecule has 1 unspecified atom stereocenters. The molecule has 2 aromatic carbocycles. The first-order valence-corrected chi connectivity index (χ1v) is 13.2. The Morgan fingerprint density at radius 3 is 2.31 bits per heavy atom. The summed E-state index contributed by atoms with van der Waals surface area (Å²) in [6.07, 6.45) is 8.50. The molecule has 0 aromatic heterocycles. The van der Waals surface area contributed by atoms with Crippen LogP contribution in [-0.4, -0.2) is 21.5 Å². The van der Waals surface area contributed by atoms with Crippen LogP contribution in [0.1, 0.15) is 68.5 Å². The zero-order chi connectivity index (χ0) is 23.0. The van der Waals surface area contributed by atoms with Gasteiger partial charge in [0, 0.05) is 17.5 Å². The highest BCUT2D eigenvalue weighted by Crippen LogP contribution is 2.35. The van der Waals surface area contributed by atoms with Gasteiger partial charge in [-0.3, -0.25) is 4.79 Å². The molecule has 32 heavy (non-hydrogen) atoms. The third kappa shape index (κ3) is 7.06. The summed E-state index contributed by atoms with van der Waals surface area (Å²) in [5.41, 5.74) is 2.18. The Morgan fingerprint density at radius 2 is 1.69 bits per heavy atom. The van der Waals surface area contributed by atoms with Crippen LogP contribution in [0.5, 0.6) is 0 Å². The van der Waals surface area contributed by atoms with Gasteiger partial charge < -0.3 is 4.74 Å². The average Bonchev–Trinajstić information content (AvgIpc) is 2.81. The molecule has 0 saturated heterocycles. The molecule has 2 aromatic rings. The maximum Gasteiger partial charge on any atom is 0.305 e. The predicted octanol–water partition coefficient (Wildman–Crippen LogP) is 5.83. The zero-order valence-corrected chi connectivity index (χ0v) is 20.1. The van der Waals surface area contributed by atoms with Gasteiger partial charge in [-0.2, -0.15) is 0 Å². The van der Waals surface area contributed by atoms with E-state index in [1.165, 1.54) is 19.1 Å². The lowest BCUT2D eigenvalue weighted by molar-refractivity contribution is -0.140. The summed E-state index contributed by atoms with van der Waals surface area (Å²) in [4.78, 5) is 11.5. The van der Waals surface area contributed by atoms with Crippen LogP contribution in [0, 0.1) is 5.92 Å². The Bertz CT molecular complexity index is 968. The van der Waals surface area contributed by atoms with Gasteiger partial charge in [0.1, 0.15) is 0 Å². The second kappa shape index (κ2) is 11.8. The SMILES string of the molecule is COC(=O)CCCCc1ccc(C(NS(=O)(=O)c2ccc(Cl)cc2)C2CCCCC2)cc1. The first kappa shape index (κ1) is 24.7. The standard InChI is InChI=1S/C25H32ClNO4S/c1-31-24(28)10-6-5-7-19-11-13-21(14-12-19)25(20-8-3-2-4-9-20)27-32(29,30)23-17-15-22(26)16-18-23/h11-18,20,25,27H,2-10H2,1H3. The van der Waals surface area contributed by atoms with E-state index in [9.17, 15) is 13.2 Å². The molecule has 0 amide bonds. The van der Waals surface area contributed by atoms with E-state index in [4.69, 9.17) is 11.6 Å². The van der Waals surface area contributed by atoms with Gasteiger partial charge in [0.15, 0.2) is 0 Å². The maximum atomic E-state index is 13.1. The smallest absolute Gasteiger partial charge is 0.305 e. The van der Waals surface area contributed by atoms with Gasteiger partial charge in [-0.25, -0.2) is 13.1 Å². The third-order valence-electron chi connectivity index (χ3n) is 6.19. The lowest BCUT2D eigenvalue weighted by Crippen LogP contribution is -2.34. The molecule has 1 saturated carbocycles. The molecule has 1 N–H and O–H groups in total. The van der Waals surface area contributed by atoms with E-state index in [1.54, 1.807) is 24.3 Å². The Morgan fingerprint density at radius 1 is 1.03 bits per heavy atom. The highest BCUT2D eigenvalue weighted by molar-refractivity contribution is 7.89. The number of unbranched alkanes of at least 4 members (excludes halogenated alkanes) is 1. The molecule has 0 radical (unpaired) electrons. The normalized spacial score (nSPS) is 15.9. The van der Waals surface area contributed by atoms with Gasteiger partial charge >= 0.3 is 5.97 Å². The summed E-state index contributed by atoms with van der Waals surface area (Å²) in [5, 5.41) is 0.509. The van der Waals surface area contributed by atoms with Gasteiger partial charge in [0.05, 0.1) is 12.0 Å². The second-order valence-corrected chi connectivity index (χ2v) is 10.6. The first-order valence-electron chi connectivity index (χ1n) is 11.3. The number of aryl methyl sites for hydroxylation is 1. The molecular formula is C25H32ClNO4S. The fraction of sp³-hybridized carbons (Fsp3) is 0.480. The van der Waals surface area contributed by atoms with E-state index in [2.05, 4.69) is 21.6 Å². The molecule has 174 valence electrons. The highest BCUT2D eigenvalue weighted by atomic mass is 35.5. The molecule has 0 bridgehead atoms. The number of ether oxygens (including phenoxy) is 1. The summed E-state index contributed by atoms with van der Waals surface area (Å²) in [6, 6.07) is 14.2. The van der Waals surface area contributed by atoms with E-state index in [0.29, 0.717) is 11.4 Å². The van der Waals surface area contributed by atoms with Crippen molar-refractivity contribution >= 4 is 27.6 Å². The van der Waals surface area contributed by atoms with E-state index in [0.717, 1.165) is 50.5 Å². The van der Waals surface area contributed by atoms with Crippen LogP contribution in [0.3, 0.4) is 0 Å². The van der Waals surface area contributed by atoms with Crippen molar-refractivity contribution in [2.75, 3.05) is 7.11 Å². The minimum Gasteiger partial charge on any atom is -0.469 e. The number of carbonyl (C=O) groups excluding carboxylic acids is 1. The van der Waals surface area contributed by atoms with Crippen LogP contribution in [0.25, 0.3) is 0 Å². The topological polar surface area (TPSA) is 72.5 Å². The number of esters is 1. The fourth-order valence-electron chi connectivity index (χ4n) is 4.35. The van der Waals surface area contributed by atoms with E-state index >= 15 is 0 Å². The van der Waals surface area contributed by atoms with Gasteiger partial charge in [0.25, 0.3) is 0 Å². The van der Waals surface area contributed by atoms with Crippen molar-refractivity contribution in [1.29, 1.82) is 0 Å². The molecule has 1 aliphatic carbocycles. The molecule has 1 fully saturated rings. The molecule has 0 spiro atoms.